The lowest BCUT2D eigenvalue weighted by atomic mass is 10.1. The summed E-state index contributed by atoms with van der Waals surface area (Å²) in [6.07, 6.45) is 6.38. The second kappa shape index (κ2) is 7.01. The summed E-state index contributed by atoms with van der Waals surface area (Å²) in [4.78, 5) is 18.1. The molecule has 1 aliphatic rings. The number of carbonyl (C=O) groups is 1. The summed E-state index contributed by atoms with van der Waals surface area (Å²) >= 11 is 0. The fourth-order valence-electron chi connectivity index (χ4n) is 2.41. The predicted octanol–water partition coefficient (Wildman–Crippen LogP) is 0.116. The molecule has 0 spiro atoms. The first-order valence-corrected chi connectivity index (χ1v) is 8.42. The Morgan fingerprint density at radius 3 is 3.00 bits per heavy atom. The van der Waals surface area contributed by atoms with Gasteiger partial charge in [-0.05, 0) is 25.7 Å². The van der Waals surface area contributed by atoms with E-state index in [1.165, 1.54) is 0 Å². The quantitative estimate of drug-likeness (QED) is 0.618. The molecule has 0 radical (unpaired) electrons. The Labute approximate surface area is 123 Å². The van der Waals surface area contributed by atoms with E-state index in [1.54, 1.807) is 12.4 Å². The van der Waals surface area contributed by atoms with Crippen molar-refractivity contribution in [2.75, 3.05) is 13.1 Å². The highest BCUT2D eigenvalue weighted by molar-refractivity contribution is 7.87. The number of aromatic nitrogens is 2. The third kappa shape index (κ3) is 4.26. The fourth-order valence-corrected chi connectivity index (χ4v) is 3.88. The Bertz CT molecular complexity index is 558. The van der Waals surface area contributed by atoms with Crippen LogP contribution >= 0.6 is 0 Å². The Morgan fingerprint density at radius 2 is 2.33 bits per heavy atom. The van der Waals surface area contributed by atoms with Crippen LogP contribution in [0.25, 0.3) is 0 Å². The SMILES string of the molecule is O=C(O)C1CCCCN1S(=O)(=O)NCCCc1ncc[nH]1. The smallest absolute Gasteiger partial charge is 0.322 e. The van der Waals surface area contributed by atoms with Crippen molar-refractivity contribution in [1.29, 1.82) is 0 Å². The van der Waals surface area contributed by atoms with Crippen molar-refractivity contribution in [2.24, 2.45) is 0 Å². The maximum absolute atomic E-state index is 12.2. The highest BCUT2D eigenvalue weighted by atomic mass is 32.2. The molecule has 1 aliphatic heterocycles. The number of rotatable bonds is 7. The molecule has 9 heteroatoms. The number of hydrogen-bond donors (Lipinski definition) is 3. The van der Waals surface area contributed by atoms with E-state index in [1.807, 2.05) is 0 Å². The molecule has 2 rings (SSSR count). The standard InChI is InChI=1S/C12H20N4O4S/c17-12(18)10-4-1-2-9-16(10)21(19,20)15-6-3-5-11-13-7-8-14-11/h7-8,10,15H,1-6,9H2,(H,13,14)(H,17,18). The van der Waals surface area contributed by atoms with Crippen molar-refractivity contribution in [3.05, 3.63) is 18.2 Å². The van der Waals surface area contributed by atoms with Gasteiger partial charge in [-0.25, -0.2) is 9.71 Å². The molecular formula is C12H20N4O4S. The molecule has 1 unspecified atom stereocenters. The molecule has 1 aromatic rings. The molecule has 1 aromatic heterocycles. The molecule has 0 saturated carbocycles. The molecule has 0 aromatic carbocycles. The van der Waals surface area contributed by atoms with Crippen LogP contribution in [0.4, 0.5) is 0 Å². The number of aryl methyl sites for hydroxylation is 1. The summed E-state index contributed by atoms with van der Waals surface area (Å²) < 4.78 is 27.9. The molecule has 1 fully saturated rings. The van der Waals surface area contributed by atoms with Gasteiger partial charge in [0.15, 0.2) is 0 Å². The Kier molecular flexibility index (Phi) is 5.32. The van der Waals surface area contributed by atoms with Crippen LogP contribution in [-0.4, -0.2) is 52.9 Å². The zero-order valence-electron chi connectivity index (χ0n) is 11.7. The first-order chi connectivity index (χ1) is 10.0. The van der Waals surface area contributed by atoms with Gasteiger partial charge in [-0.15, -0.1) is 0 Å². The van der Waals surface area contributed by atoms with E-state index in [9.17, 15) is 13.2 Å². The number of carboxylic acid groups (broad SMARTS) is 1. The molecule has 3 N–H and O–H groups in total. The maximum atomic E-state index is 12.2. The van der Waals surface area contributed by atoms with Gasteiger partial charge in [0, 0.05) is 31.9 Å². The lowest BCUT2D eigenvalue weighted by molar-refractivity contribution is -0.142. The van der Waals surface area contributed by atoms with Crippen molar-refractivity contribution >= 4 is 16.2 Å². The van der Waals surface area contributed by atoms with Gasteiger partial charge >= 0.3 is 5.97 Å². The van der Waals surface area contributed by atoms with Crippen molar-refractivity contribution < 1.29 is 18.3 Å². The van der Waals surface area contributed by atoms with E-state index in [2.05, 4.69) is 14.7 Å². The van der Waals surface area contributed by atoms with E-state index < -0.39 is 22.2 Å². The number of H-pyrrole nitrogens is 1. The second-order valence-corrected chi connectivity index (χ2v) is 6.71. The minimum Gasteiger partial charge on any atom is -0.480 e. The minimum atomic E-state index is -3.75. The summed E-state index contributed by atoms with van der Waals surface area (Å²) in [6.45, 7) is 0.510. The predicted molar refractivity (Wildman–Crippen MR) is 75.8 cm³/mol. The van der Waals surface area contributed by atoms with E-state index in [0.29, 0.717) is 25.7 Å². The Balaban J connectivity index is 1.86. The molecule has 0 bridgehead atoms. The maximum Gasteiger partial charge on any atom is 0.322 e. The number of nitrogens with one attached hydrogen (secondary N) is 2. The van der Waals surface area contributed by atoms with Crippen LogP contribution < -0.4 is 4.72 Å². The first-order valence-electron chi connectivity index (χ1n) is 6.98. The van der Waals surface area contributed by atoms with Gasteiger partial charge in [-0.1, -0.05) is 0 Å². The van der Waals surface area contributed by atoms with E-state index in [0.717, 1.165) is 16.6 Å². The molecule has 1 atom stereocenters. The van der Waals surface area contributed by atoms with Gasteiger partial charge < -0.3 is 10.1 Å². The summed E-state index contributed by atoms with van der Waals surface area (Å²) in [5.74, 6) is -0.286. The number of hydrogen-bond acceptors (Lipinski definition) is 4. The highest BCUT2D eigenvalue weighted by Gasteiger charge is 2.36. The number of piperidine rings is 1. The molecule has 118 valence electrons. The molecular weight excluding hydrogens is 296 g/mol. The Morgan fingerprint density at radius 1 is 1.52 bits per heavy atom. The van der Waals surface area contributed by atoms with Crippen LogP contribution in [0.5, 0.6) is 0 Å². The number of aromatic amines is 1. The van der Waals surface area contributed by atoms with Crippen LogP contribution in [0.3, 0.4) is 0 Å². The van der Waals surface area contributed by atoms with Crippen molar-refractivity contribution in [2.45, 2.75) is 38.1 Å². The Hall–Kier alpha value is -1.45. The van der Waals surface area contributed by atoms with E-state index in [4.69, 9.17) is 5.11 Å². The average Bonchev–Trinajstić information content (AvgIpc) is 2.97. The molecule has 0 amide bonds. The number of carboxylic acids is 1. The normalized spacial score (nSPS) is 20.5. The zero-order valence-corrected chi connectivity index (χ0v) is 12.5. The van der Waals surface area contributed by atoms with Gasteiger partial charge in [0.1, 0.15) is 11.9 Å². The third-order valence-corrected chi connectivity index (χ3v) is 5.10. The van der Waals surface area contributed by atoms with E-state index in [-0.39, 0.29) is 13.1 Å². The van der Waals surface area contributed by atoms with Crippen LogP contribution in [-0.2, 0) is 21.4 Å². The minimum absolute atomic E-state index is 0.254. The summed E-state index contributed by atoms with van der Waals surface area (Å²) in [7, 11) is -3.75. The third-order valence-electron chi connectivity index (χ3n) is 3.48. The van der Waals surface area contributed by atoms with Gasteiger partial charge in [0.2, 0.25) is 0 Å². The van der Waals surface area contributed by atoms with Gasteiger partial charge in [-0.2, -0.15) is 12.7 Å². The fraction of sp³-hybridized carbons (Fsp3) is 0.667. The average molecular weight is 316 g/mol. The van der Waals surface area contributed by atoms with Crippen molar-refractivity contribution in [3.63, 3.8) is 0 Å². The van der Waals surface area contributed by atoms with Gasteiger partial charge in [0.25, 0.3) is 10.2 Å². The van der Waals surface area contributed by atoms with E-state index >= 15 is 0 Å². The van der Waals surface area contributed by atoms with Gasteiger partial charge in [0.05, 0.1) is 0 Å². The topological polar surface area (TPSA) is 115 Å². The summed E-state index contributed by atoms with van der Waals surface area (Å²) in [5, 5.41) is 9.12. The zero-order chi connectivity index (χ0) is 15.3. The monoisotopic (exact) mass is 316 g/mol. The van der Waals surface area contributed by atoms with Crippen LogP contribution in [0.2, 0.25) is 0 Å². The number of nitrogens with zero attached hydrogens (tertiary/aromatic N) is 2. The first kappa shape index (κ1) is 15.9. The summed E-state index contributed by atoms with van der Waals surface area (Å²) in [6, 6.07) is -0.957. The lowest BCUT2D eigenvalue weighted by Crippen LogP contribution is -2.52. The van der Waals surface area contributed by atoms with Gasteiger partial charge in [-0.3, -0.25) is 4.79 Å². The molecule has 2 heterocycles. The van der Waals surface area contributed by atoms with Crippen molar-refractivity contribution in [1.82, 2.24) is 19.0 Å². The molecule has 8 nitrogen and oxygen atoms in total. The summed E-state index contributed by atoms with van der Waals surface area (Å²) in [5.41, 5.74) is 0. The molecule has 21 heavy (non-hydrogen) atoms. The van der Waals surface area contributed by atoms with Crippen molar-refractivity contribution in [3.8, 4) is 0 Å². The largest absolute Gasteiger partial charge is 0.480 e. The lowest BCUT2D eigenvalue weighted by Gasteiger charge is -2.31. The van der Waals surface area contributed by atoms with Crippen LogP contribution in [0.15, 0.2) is 12.4 Å². The second-order valence-electron chi connectivity index (χ2n) is 5.00. The van der Waals surface area contributed by atoms with Crippen LogP contribution in [0.1, 0.15) is 31.5 Å². The molecule has 0 aliphatic carbocycles. The van der Waals surface area contributed by atoms with Crippen LogP contribution in [0, 0.1) is 0 Å². The highest BCUT2D eigenvalue weighted by Crippen LogP contribution is 2.19. The number of imidazole rings is 1. The number of aliphatic carboxylic acids is 1. The molecule has 1 saturated heterocycles.